The number of nitrogens with one attached hydrogen (secondary N) is 2. The topological polar surface area (TPSA) is 58.2 Å². The molecule has 0 bridgehead atoms. The molecule has 2 N–H and O–H groups in total. The van der Waals surface area contributed by atoms with Crippen LogP contribution in [-0.4, -0.2) is 17.9 Å². The van der Waals surface area contributed by atoms with Crippen LogP contribution in [0.25, 0.3) is 0 Å². The number of amides is 2. The monoisotopic (exact) mass is 370 g/mol. The summed E-state index contributed by atoms with van der Waals surface area (Å²) in [6.45, 7) is 3.26. The minimum atomic E-state index is -1.17. The van der Waals surface area contributed by atoms with Crippen LogP contribution in [0.3, 0.4) is 0 Å². The Morgan fingerprint density at radius 3 is 2.21 bits per heavy atom. The van der Waals surface area contributed by atoms with Gasteiger partial charge < -0.3 is 10.6 Å². The van der Waals surface area contributed by atoms with Gasteiger partial charge >= 0.3 is 0 Å². The second kappa shape index (κ2) is 8.21. The van der Waals surface area contributed by atoms with E-state index in [0.29, 0.717) is 15.7 Å². The van der Waals surface area contributed by atoms with Gasteiger partial charge in [0.25, 0.3) is 0 Å². The first-order valence-electron chi connectivity index (χ1n) is 8.38. The number of carbonyl (C=O) groups excluding carboxylic acids is 2. The Balaban J connectivity index is 2.00. The summed E-state index contributed by atoms with van der Waals surface area (Å²) in [6, 6.07) is 5.00. The largest absolute Gasteiger partial charge is 0.352 e. The quantitative estimate of drug-likeness (QED) is 0.590. The summed E-state index contributed by atoms with van der Waals surface area (Å²) in [5.74, 6) is -0.612. The fourth-order valence-electron chi connectivity index (χ4n) is 2.75. The highest BCUT2D eigenvalue weighted by Crippen LogP contribution is 2.27. The van der Waals surface area contributed by atoms with Crippen molar-refractivity contribution >= 4 is 40.7 Å². The van der Waals surface area contributed by atoms with E-state index in [1.807, 2.05) is 0 Å². The van der Waals surface area contributed by atoms with Gasteiger partial charge in [-0.1, -0.05) is 48.9 Å². The Kier molecular flexibility index (Phi) is 6.53. The molecule has 1 aromatic carbocycles. The molecule has 24 heavy (non-hydrogen) atoms. The van der Waals surface area contributed by atoms with E-state index in [-0.39, 0.29) is 17.9 Å². The lowest BCUT2D eigenvalue weighted by atomic mass is 9.90. The van der Waals surface area contributed by atoms with Gasteiger partial charge in [0.05, 0.1) is 10.0 Å². The lowest BCUT2D eigenvalue weighted by Crippen LogP contribution is -2.48. The minimum absolute atomic E-state index is 0.164. The van der Waals surface area contributed by atoms with E-state index in [4.69, 9.17) is 23.2 Å². The fraction of sp³-hybridized carbons (Fsp3) is 0.556. The molecule has 1 aliphatic rings. The zero-order valence-electron chi connectivity index (χ0n) is 14.1. The molecule has 1 fully saturated rings. The van der Waals surface area contributed by atoms with Crippen LogP contribution in [0.15, 0.2) is 18.2 Å². The van der Waals surface area contributed by atoms with Crippen molar-refractivity contribution in [3.05, 3.63) is 28.2 Å². The van der Waals surface area contributed by atoms with Crippen LogP contribution in [0.1, 0.15) is 52.4 Å². The third kappa shape index (κ3) is 4.87. The molecule has 0 unspecified atom stereocenters. The van der Waals surface area contributed by atoms with Crippen molar-refractivity contribution in [3.63, 3.8) is 0 Å². The number of hydrogen-bond acceptors (Lipinski definition) is 2. The Morgan fingerprint density at radius 1 is 1.00 bits per heavy atom. The summed E-state index contributed by atoms with van der Waals surface area (Å²) in [7, 11) is 0. The van der Waals surface area contributed by atoms with E-state index in [1.165, 1.54) is 12.8 Å². The number of rotatable bonds is 4. The van der Waals surface area contributed by atoms with E-state index in [1.54, 1.807) is 32.0 Å². The first-order chi connectivity index (χ1) is 11.3. The molecule has 0 radical (unpaired) electrons. The summed E-state index contributed by atoms with van der Waals surface area (Å²) in [5, 5.41) is 6.55. The molecule has 0 heterocycles. The Labute approximate surface area is 153 Å². The highest BCUT2D eigenvalue weighted by atomic mass is 35.5. The Morgan fingerprint density at radius 2 is 1.62 bits per heavy atom. The molecule has 132 valence electrons. The average molecular weight is 371 g/mol. The highest BCUT2D eigenvalue weighted by molar-refractivity contribution is 6.42. The van der Waals surface area contributed by atoms with Gasteiger partial charge in [-0.3, -0.25) is 9.59 Å². The van der Waals surface area contributed by atoms with Crippen LogP contribution >= 0.6 is 23.2 Å². The van der Waals surface area contributed by atoms with Crippen molar-refractivity contribution in [2.75, 3.05) is 5.32 Å². The van der Waals surface area contributed by atoms with Crippen molar-refractivity contribution in [1.29, 1.82) is 0 Å². The van der Waals surface area contributed by atoms with Crippen LogP contribution < -0.4 is 10.6 Å². The van der Waals surface area contributed by atoms with Crippen molar-refractivity contribution in [2.45, 2.75) is 58.4 Å². The maximum atomic E-state index is 12.6. The highest BCUT2D eigenvalue weighted by Gasteiger charge is 2.37. The summed E-state index contributed by atoms with van der Waals surface area (Å²) in [6.07, 6.45) is 6.65. The third-order valence-corrected chi connectivity index (χ3v) is 5.24. The van der Waals surface area contributed by atoms with Crippen molar-refractivity contribution in [1.82, 2.24) is 5.32 Å². The van der Waals surface area contributed by atoms with Crippen LogP contribution in [0.5, 0.6) is 0 Å². The van der Waals surface area contributed by atoms with Crippen LogP contribution in [-0.2, 0) is 9.59 Å². The molecule has 1 saturated carbocycles. The number of benzene rings is 1. The van der Waals surface area contributed by atoms with Gasteiger partial charge in [-0.15, -0.1) is 0 Å². The second-order valence-electron chi connectivity index (χ2n) is 6.87. The fourth-order valence-corrected chi connectivity index (χ4v) is 3.05. The van der Waals surface area contributed by atoms with Crippen molar-refractivity contribution in [2.24, 2.45) is 5.41 Å². The van der Waals surface area contributed by atoms with Gasteiger partial charge in [0.2, 0.25) is 11.8 Å². The van der Waals surface area contributed by atoms with E-state index >= 15 is 0 Å². The standard InChI is InChI=1S/C18H24Cl2N2O2/c1-18(2,16(23)21-12-7-5-3-4-6-8-12)17(24)22-13-9-10-14(19)15(20)11-13/h9-12H,3-8H2,1-2H3,(H,21,23)(H,22,24). The third-order valence-electron chi connectivity index (χ3n) is 4.50. The maximum Gasteiger partial charge on any atom is 0.239 e. The molecule has 0 spiro atoms. The number of anilines is 1. The predicted octanol–water partition coefficient (Wildman–Crippen LogP) is 4.80. The van der Waals surface area contributed by atoms with E-state index < -0.39 is 5.41 Å². The van der Waals surface area contributed by atoms with Crippen molar-refractivity contribution < 1.29 is 9.59 Å². The molecule has 0 aromatic heterocycles. The second-order valence-corrected chi connectivity index (χ2v) is 7.68. The van der Waals surface area contributed by atoms with Gasteiger partial charge in [0, 0.05) is 11.7 Å². The molecule has 0 aliphatic heterocycles. The van der Waals surface area contributed by atoms with Gasteiger partial charge in [-0.05, 0) is 44.9 Å². The molecule has 1 aliphatic carbocycles. The SMILES string of the molecule is CC(C)(C(=O)Nc1ccc(Cl)c(Cl)c1)C(=O)NC1CCCCCC1. The summed E-state index contributed by atoms with van der Waals surface area (Å²) >= 11 is 11.8. The Bertz CT molecular complexity index is 609. The summed E-state index contributed by atoms with van der Waals surface area (Å²) in [4.78, 5) is 25.1. The molecular formula is C18H24Cl2N2O2. The molecule has 4 nitrogen and oxygen atoms in total. The molecule has 0 saturated heterocycles. The van der Waals surface area contributed by atoms with Crippen LogP contribution in [0, 0.1) is 5.41 Å². The van der Waals surface area contributed by atoms with Crippen LogP contribution in [0.2, 0.25) is 10.0 Å². The molecule has 1 aromatic rings. The van der Waals surface area contributed by atoms with Gasteiger partial charge in [0.1, 0.15) is 5.41 Å². The number of hydrogen-bond donors (Lipinski definition) is 2. The zero-order valence-corrected chi connectivity index (χ0v) is 15.6. The summed E-state index contributed by atoms with van der Waals surface area (Å²) in [5.41, 5.74) is -0.650. The minimum Gasteiger partial charge on any atom is -0.352 e. The maximum absolute atomic E-state index is 12.6. The molecule has 0 atom stereocenters. The summed E-state index contributed by atoms with van der Waals surface area (Å²) < 4.78 is 0. The first-order valence-corrected chi connectivity index (χ1v) is 9.14. The first kappa shape index (κ1) is 19.1. The molecule has 2 rings (SSSR count). The molecular weight excluding hydrogens is 347 g/mol. The van der Waals surface area contributed by atoms with E-state index in [0.717, 1.165) is 25.7 Å². The van der Waals surface area contributed by atoms with Crippen molar-refractivity contribution in [3.8, 4) is 0 Å². The lowest BCUT2D eigenvalue weighted by molar-refractivity contribution is -0.138. The van der Waals surface area contributed by atoms with Crippen LogP contribution in [0.4, 0.5) is 5.69 Å². The number of carbonyl (C=O) groups is 2. The zero-order chi connectivity index (χ0) is 17.7. The normalized spacial score (nSPS) is 16.3. The van der Waals surface area contributed by atoms with E-state index in [2.05, 4.69) is 10.6 Å². The van der Waals surface area contributed by atoms with E-state index in [9.17, 15) is 9.59 Å². The lowest BCUT2D eigenvalue weighted by Gasteiger charge is -2.26. The number of halogens is 2. The smallest absolute Gasteiger partial charge is 0.239 e. The predicted molar refractivity (Wildman–Crippen MR) is 98.5 cm³/mol. The molecule has 2 amide bonds. The van der Waals surface area contributed by atoms with Gasteiger partial charge in [-0.25, -0.2) is 0 Å². The molecule has 6 heteroatoms. The Hall–Kier alpha value is -1.26. The van der Waals surface area contributed by atoms with Gasteiger partial charge in [-0.2, -0.15) is 0 Å². The van der Waals surface area contributed by atoms with Gasteiger partial charge in [0.15, 0.2) is 0 Å². The average Bonchev–Trinajstić information content (AvgIpc) is 2.79.